The van der Waals surface area contributed by atoms with E-state index in [1.165, 1.54) is 25.8 Å². The third-order valence-electron chi connectivity index (χ3n) is 5.24. The van der Waals surface area contributed by atoms with Crippen LogP contribution in [0.5, 0.6) is 0 Å². The van der Waals surface area contributed by atoms with Crippen LogP contribution in [-0.2, 0) is 6.54 Å². The zero-order chi connectivity index (χ0) is 17.8. The van der Waals surface area contributed by atoms with Crippen LogP contribution in [0.1, 0.15) is 25.7 Å². The van der Waals surface area contributed by atoms with Crippen LogP contribution in [-0.4, -0.2) is 44.3 Å². The van der Waals surface area contributed by atoms with Crippen molar-refractivity contribution >= 4 is 0 Å². The minimum Gasteiger partial charge on any atom is -0.303 e. The molecular formula is C21H25N5. The van der Waals surface area contributed by atoms with Crippen molar-refractivity contribution in [2.45, 2.75) is 38.3 Å². The maximum absolute atomic E-state index is 4.78. The standard InChI is InChI=1S/C21H25N5/c1-25-13-3-2-8-19(25)9-14-26-15-10-20(24-26)17-6-4-7-18(16-17)21-22-11-5-12-23-21/h4-7,10-12,15-16,19H,2-3,8-9,13-14H2,1H3/t19-/m1/s1. The molecule has 1 aliphatic heterocycles. The van der Waals surface area contributed by atoms with Crippen LogP contribution in [0, 0.1) is 0 Å². The fraction of sp³-hybridized carbons (Fsp3) is 0.381. The van der Waals surface area contributed by atoms with Gasteiger partial charge in [-0.15, -0.1) is 0 Å². The smallest absolute Gasteiger partial charge is 0.159 e. The third-order valence-corrected chi connectivity index (χ3v) is 5.24. The Bertz CT molecular complexity index is 842. The van der Waals surface area contributed by atoms with Crippen molar-refractivity contribution in [1.29, 1.82) is 0 Å². The van der Waals surface area contributed by atoms with Gasteiger partial charge in [0.2, 0.25) is 0 Å². The molecule has 0 spiro atoms. The summed E-state index contributed by atoms with van der Waals surface area (Å²) in [5.41, 5.74) is 3.12. The summed E-state index contributed by atoms with van der Waals surface area (Å²) in [6.07, 6.45) is 10.8. The molecule has 4 rings (SSSR count). The van der Waals surface area contributed by atoms with Gasteiger partial charge >= 0.3 is 0 Å². The highest BCUT2D eigenvalue weighted by Gasteiger charge is 2.18. The Labute approximate surface area is 154 Å². The van der Waals surface area contributed by atoms with Crippen LogP contribution in [0.25, 0.3) is 22.6 Å². The Morgan fingerprint density at radius 2 is 1.88 bits per heavy atom. The zero-order valence-corrected chi connectivity index (χ0v) is 15.3. The molecule has 0 radical (unpaired) electrons. The Morgan fingerprint density at radius 1 is 1.04 bits per heavy atom. The topological polar surface area (TPSA) is 46.8 Å². The van der Waals surface area contributed by atoms with E-state index >= 15 is 0 Å². The van der Waals surface area contributed by atoms with Gasteiger partial charge in [-0.1, -0.05) is 24.6 Å². The highest BCUT2D eigenvalue weighted by molar-refractivity contribution is 5.67. The predicted octanol–water partition coefficient (Wildman–Crippen LogP) is 3.88. The normalized spacial score (nSPS) is 18.1. The number of nitrogens with zero attached hydrogens (tertiary/aromatic N) is 5. The molecule has 1 fully saturated rings. The highest BCUT2D eigenvalue weighted by Crippen LogP contribution is 2.23. The first kappa shape index (κ1) is 16.9. The second kappa shape index (κ2) is 7.79. The summed E-state index contributed by atoms with van der Waals surface area (Å²) in [6, 6.07) is 12.9. The van der Waals surface area contributed by atoms with Gasteiger partial charge in [0.1, 0.15) is 0 Å². The molecule has 0 N–H and O–H groups in total. The molecule has 1 atom stereocenters. The molecule has 5 heteroatoms. The van der Waals surface area contributed by atoms with Crippen molar-refractivity contribution in [1.82, 2.24) is 24.6 Å². The molecule has 0 amide bonds. The van der Waals surface area contributed by atoms with Gasteiger partial charge < -0.3 is 4.90 Å². The minimum absolute atomic E-state index is 0.690. The zero-order valence-electron chi connectivity index (χ0n) is 15.3. The van der Waals surface area contributed by atoms with Gasteiger partial charge in [0.05, 0.1) is 5.69 Å². The Kier molecular flexibility index (Phi) is 5.07. The Balaban J connectivity index is 1.46. The van der Waals surface area contributed by atoms with E-state index in [0.717, 1.165) is 35.6 Å². The van der Waals surface area contributed by atoms with E-state index in [2.05, 4.69) is 51.0 Å². The number of aryl methyl sites for hydroxylation is 1. The number of hydrogen-bond acceptors (Lipinski definition) is 4. The molecule has 1 aliphatic rings. The fourth-order valence-electron chi connectivity index (χ4n) is 3.70. The van der Waals surface area contributed by atoms with Crippen molar-refractivity contribution in [3.8, 4) is 22.6 Å². The molecule has 0 unspecified atom stereocenters. The van der Waals surface area contributed by atoms with Gasteiger partial charge in [0, 0.05) is 42.3 Å². The van der Waals surface area contributed by atoms with Gasteiger partial charge in [0.25, 0.3) is 0 Å². The van der Waals surface area contributed by atoms with Gasteiger partial charge in [-0.25, -0.2) is 9.97 Å². The van der Waals surface area contributed by atoms with Crippen LogP contribution in [0.3, 0.4) is 0 Å². The van der Waals surface area contributed by atoms with Crippen molar-refractivity contribution in [2.24, 2.45) is 0 Å². The van der Waals surface area contributed by atoms with Gasteiger partial charge in [-0.2, -0.15) is 5.10 Å². The highest BCUT2D eigenvalue weighted by atomic mass is 15.3. The molecule has 2 aromatic heterocycles. The summed E-state index contributed by atoms with van der Waals surface area (Å²) in [7, 11) is 2.25. The number of benzene rings is 1. The summed E-state index contributed by atoms with van der Waals surface area (Å²) in [6.45, 7) is 2.19. The lowest BCUT2D eigenvalue weighted by Crippen LogP contribution is -2.36. The summed E-state index contributed by atoms with van der Waals surface area (Å²) in [5.74, 6) is 0.745. The second-order valence-corrected chi connectivity index (χ2v) is 7.04. The van der Waals surface area contributed by atoms with Crippen LogP contribution in [0.4, 0.5) is 0 Å². The Morgan fingerprint density at radius 3 is 2.73 bits per heavy atom. The van der Waals surface area contributed by atoms with Crippen molar-refractivity contribution < 1.29 is 0 Å². The number of likely N-dealkylation sites (tertiary alicyclic amines) is 1. The number of piperidine rings is 1. The van der Waals surface area contributed by atoms with E-state index in [9.17, 15) is 0 Å². The average Bonchev–Trinajstić information content (AvgIpc) is 3.17. The van der Waals surface area contributed by atoms with E-state index in [1.807, 2.05) is 18.2 Å². The average molecular weight is 347 g/mol. The van der Waals surface area contributed by atoms with Crippen LogP contribution < -0.4 is 0 Å². The van der Waals surface area contributed by atoms with E-state index in [0.29, 0.717) is 6.04 Å². The lowest BCUT2D eigenvalue weighted by molar-refractivity contribution is 0.169. The van der Waals surface area contributed by atoms with Crippen molar-refractivity contribution in [2.75, 3.05) is 13.6 Å². The third kappa shape index (κ3) is 3.83. The molecule has 0 saturated carbocycles. The van der Waals surface area contributed by atoms with Crippen molar-refractivity contribution in [3.63, 3.8) is 0 Å². The summed E-state index contributed by atoms with van der Waals surface area (Å²) >= 11 is 0. The monoisotopic (exact) mass is 347 g/mol. The fourth-order valence-corrected chi connectivity index (χ4v) is 3.70. The first-order valence-electron chi connectivity index (χ1n) is 9.41. The van der Waals surface area contributed by atoms with E-state index in [-0.39, 0.29) is 0 Å². The van der Waals surface area contributed by atoms with Crippen LogP contribution >= 0.6 is 0 Å². The van der Waals surface area contributed by atoms with E-state index in [4.69, 9.17) is 5.10 Å². The second-order valence-electron chi connectivity index (χ2n) is 7.04. The first-order valence-corrected chi connectivity index (χ1v) is 9.41. The molecule has 5 nitrogen and oxygen atoms in total. The first-order chi connectivity index (χ1) is 12.8. The summed E-state index contributed by atoms with van der Waals surface area (Å²) in [5, 5.41) is 4.78. The molecular weight excluding hydrogens is 322 g/mol. The lowest BCUT2D eigenvalue weighted by Gasteiger charge is -2.32. The maximum atomic E-state index is 4.78. The van der Waals surface area contributed by atoms with E-state index < -0.39 is 0 Å². The molecule has 134 valence electrons. The largest absolute Gasteiger partial charge is 0.303 e. The summed E-state index contributed by atoms with van der Waals surface area (Å²) < 4.78 is 2.07. The molecule has 0 aliphatic carbocycles. The molecule has 0 bridgehead atoms. The molecule has 3 heterocycles. The quantitative estimate of drug-likeness (QED) is 0.703. The molecule has 1 saturated heterocycles. The predicted molar refractivity (Wildman–Crippen MR) is 104 cm³/mol. The summed E-state index contributed by atoms with van der Waals surface area (Å²) in [4.78, 5) is 11.2. The van der Waals surface area contributed by atoms with E-state index in [1.54, 1.807) is 12.4 Å². The maximum Gasteiger partial charge on any atom is 0.159 e. The SMILES string of the molecule is CN1CCCC[C@@H]1CCn1ccc(-c2cccc(-c3ncccn3)c2)n1. The van der Waals surface area contributed by atoms with Gasteiger partial charge in [-0.3, -0.25) is 4.68 Å². The number of hydrogen-bond donors (Lipinski definition) is 0. The number of rotatable bonds is 5. The minimum atomic E-state index is 0.690. The Hall–Kier alpha value is -2.53. The van der Waals surface area contributed by atoms with Crippen LogP contribution in [0.15, 0.2) is 55.0 Å². The molecule has 3 aromatic rings. The van der Waals surface area contributed by atoms with Gasteiger partial charge in [0.15, 0.2) is 5.82 Å². The van der Waals surface area contributed by atoms with Crippen LogP contribution in [0.2, 0.25) is 0 Å². The molecule has 1 aromatic carbocycles. The number of aromatic nitrogens is 4. The lowest BCUT2D eigenvalue weighted by atomic mass is 10.0. The van der Waals surface area contributed by atoms with Crippen molar-refractivity contribution in [3.05, 3.63) is 55.0 Å². The van der Waals surface area contributed by atoms with Gasteiger partial charge in [-0.05, 0) is 51.1 Å². The molecule has 26 heavy (non-hydrogen) atoms.